The lowest BCUT2D eigenvalue weighted by atomic mass is 10.0. The molecule has 1 heterocycles. The highest BCUT2D eigenvalue weighted by Crippen LogP contribution is 2.27. The van der Waals surface area contributed by atoms with E-state index in [-0.39, 0.29) is 11.8 Å². The number of nitrogens with one attached hydrogen (secondary N) is 1. The molecule has 1 aliphatic heterocycles. The molecule has 29 heavy (non-hydrogen) atoms. The fourth-order valence-corrected chi connectivity index (χ4v) is 3.43. The average Bonchev–Trinajstić information content (AvgIpc) is 2.72. The number of fused-ring (bicyclic) bond motifs is 1. The van der Waals surface area contributed by atoms with E-state index in [1.807, 2.05) is 37.3 Å². The molecule has 2 amide bonds. The molecule has 0 aliphatic carbocycles. The minimum Gasteiger partial charge on any atom is -0.451 e. The molecule has 0 radical (unpaired) electrons. The van der Waals surface area contributed by atoms with Gasteiger partial charge in [0.05, 0.1) is 0 Å². The molecule has 0 aromatic heterocycles. The summed E-state index contributed by atoms with van der Waals surface area (Å²) >= 11 is 0. The standard InChI is InChI=1S/C23H26N2O4/c1-15-8-6-10-19(14-15)21(26)24-16(2)23(28)29-17(3)22(27)25-13-7-11-18-9-4-5-12-20(18)25/h4-6,8-10,12,14,16-17H,7,11,13H2,1-3H3,(H,24,26)/t16-,17+/m1/s1. The SMILES string of the molecule is Cc1cccc(C(=O)N[C@H](C)C(=O)O[C@@H](C)C(=O)N2CCCc3ccccc32)c1. The van der Waals surface area contributed by atoms with E-state index in [2.05, 4.69) is 5.32 Å². The van der Waals surface area contributed by atoms with Crippen LogP contribution >= 0.6 is 0 Å². The number of hydrogen-bond donors (Lipinski definition) is 1. The van der Waals surface area contributed by atoms with E-state index in [1.165, 1.54) is 0 Å². The van der Waals surface area contributed by atoms with Crippen LogP contribution in [-0.2, 0) is 20.7 Å². The molecule has 0 spiro atoms. The molecule has 1 aliphatic rings. The molecular formula is C23H26N2O4. The molecule has 6 heteroatoms. The van der Waals surface area contributed by atoms with E-state index < -0.39 is 18.1 Å². The van der Waals surface area contributed by atoms with E-state index in [1.54, 1.807) is 36.9 Å². The third kappa shape index (κ3) is 4.83. The lowest BCUT2D eigenvalue weighted by Gasteiger charge is -2.31. The third-order valence-electron chi connectivity index (χ3n) is 5.00. The van der Waals surface area contributed by atoms with Crippen LogP contribution in [0.25, 0.3) is 0 Å². The Hall–Kier alpha value is -3.15. The predicted octanol–water partition coefficient (Wildman–Crippen LogP) is 3.02. The van der Waals surface area contributed by atoms with Crippen LogP contribution in [0.2, 0.25) is 0 Å². The van der Waals surface area contributed by atoms with Crippen molar-refractivity contribution in [2.24, 2.45) is 0 Å². The molecule has 6 nitrogen and oxygen atoms in total. The Kier molecular flexibility index (Phi) is 6.32. The number of esters is 1. The van der Waals surface area contributed by atoms with Gasteiger partial charge >= 0.3 is 5.97 Å². The molecule has 0 saturated carbocycles. The first-order valence-corrected chi connectivity index (χ1v) is 9.84. The molecule has 2 aromatic rings. The average molecular weight is 394 g/mol. The fraction of sp³-hybridized carbons (Fsp3) is 0.348. The Balaban J connectivity index is 1.60. The van der Waals surface area contributed by atoms with Crippen molar-refractivity contribution in [2.45, 2.75) is 45.8 Å². The van der Waals surface area contributed by atoms with Crippen LogP contribution in [0.15, 0.2) is 48.5 Å². The summed E-state index contributed by atoms with van der Waals surface area (Å²) in [5.41, 5.74) is 3.41. The molecule has 2 atom stereocenters. The number of carbonyl (C=O) groups excluding carboxylic acids is 3. The number of anilines is 1. The van der Waals surface area contributed by atoms with Gasteiger partial charge in [-0.2, -0.15) is 0 Å². The highest BCUT2D eigenvalue weighted by Gasteiger charge is 2.29. The molecule has 0 bridgehead atoms. The largest absolute Gasteiger partial charge is 0.451 e. The van der Waals surface area contributed by atoms with Crippen molar-refractivity contribution in [1.82, 2.24) is 5.32 Å². The Morgan fingerprint density at radius 1 is 1.07 bits per heavy atom. The molecule has 0 fully saturated rings. The summed E-state index contributed by atoms with van der Waals surface area (Å²) < 4.78 is 5.36. The van der Waals surface area contributed by atoms with Crippen molar-refractivity contribution < 1.29 is 19.1 Å². The van der Waals surface area contributed by atoms with E-state index in [0.29, 0.717) is 12.1 Å². The van der Waals surface area contributed by atoms with Crippen molar-refractivity contribution in [3.63, 3.8) is 0 Å². The quantitative estimate of drug-likeness (QED) is 0.791. The van der Waals surface area contributed by atoms with Gasteiger partial charge < -0.3 is 15.0 Å². The zero-order valence-corrected chi connectivity index (χ0v) is 17.0. The molecule has 1 N–H and O–H groups in total. The van der Waals surface area contributed by atoms with Crippen molar-refractivity contribution in [3.8, 4) is 0 Å². The number of benzene rings is 2. The second-order valence-electron chi connectivity index (χ2n) is 7.37. The van der Waals surface area contributed by atoms with Crippen LogP contribution in [0.3, 0.4) is 0 Å². The summed E-state index contributed by atoms with van der Waals surface area (Å²) in [6.45, 7) is 5.59. The summed E-state index contributed by atoms with van der Waals surface area (Å²) in [6, 6.07) is 14.0. The number of ether oxygens (including phenoxy) is 1. The van der Waals surface area contributed by atoms with E-state index in [4.69, 9.17) is 4.74 Å². The second kappa shape index (κ2) is 8.90. The molecule has 2 aromatic carbocycles. The van der Waals surface area contributed by atoms with Gasteiger partial charge in [-0.25, -0.2) is 4.79 Å². The summed E-state index contributed by atoms with van der Waals surface area (Å²) in [4.78, 5) is 39.3. The Morgan fingerprint density at radius 3 is 2.59 bits per heavy atom. The normalized spacial score (nSPS) is 15.1. The highest BCUT2D eigenvalue weighted by atomic mass is 16.5. The van der Waals surface area contributed by atoms with Crippen LogP contribution < -0.4 is 10.2 Å². The number of rotatable bonds is 5. The van der Waals surface area contributed by atoms with Gasteiger partial charge in [-0.05, 0) is 57.4 Å². The van der Waals surface area contributed by atoms with E-state index >= 15 is 0 Å². The molecular weight excluding hydrogens is 368 g/mol. The van der Waals surface area contributed by atoms with Crippen molar-refractivity contribution >= 4 is 23.5 Å². The van der Waals surface area contributed by atoms with Crippen molar-refractivity contribution in [2.75, 3.05) is 11.4 Å². The minimum atomic E-state index is -0.938. The number of aryl methyl sites for hydroxylation is 2. The van der Waals surface area contributed by atoms with Crippen LogP contribution in [0.1, 0.15) is 41.8 Å². The number of amides is 2. The van der Waals surface area contributed by atoms with Gasteiger partial charge in [-0.3, -0.25) is 9.59 Å². The molecule has 3 rings (SSSR count). The maximum absolute atomic E-state index is 12.9. The maximum Gasteiger partial charge on any atom is 0.329 e. The van der Waals surface area contributed by atoms with E-state index in [0.717, 1.165) is 29.7 Å². The topological polar surface area (TPSA) is 75.7 Å². The van der Waals surface area contributed by atoms with Crippen LogP contribution in [0.4, 0.5) is 5.69 Å². The maximum atomic E-state index is 12.9. The minimum absolute atomic E-state index is 0.261. The third-order valence-corrected chi connectivity index (χ3v) is 5.00. The summed E-state index contributed by atoms with van der Waals surface area (Å²) in [5.74, 6) is -1.26. The Labute approximate surface area is 170 Å². The Bertz CT molecular complexity index is 925. The van der Waals surface area contributed by atoms with Gasteiger partial charge in [-0.1, -0.05) is 35.9 Å². The molecule has 0 saturated heterocycles. The highest BCUT2D eigenvalue weighted by molar-refractivity contribution is 5.99. The zero-order chi connectivity index (χ0) is 21.0. The predicted molar refractivity (Wildman–Crippen MR) is 111 cm³/mol. The smallest absolute Gasteiger partial charge is 0.329 e. The monoisotopic (exact) mass is 394 g/mol. The first-order valence-electron chi connectivity index (χ1n) is 9.84. The summed E-state index contributed by atoms with van der Waals surface area (Å²) in [5, 5.41) is 2.62. The molecule has 152 valence electrons. The second-order valence-corrected chi connectivity index (χ2v) is 7.37. The lowest BCUT2D eigenvalue weighted by molar-refractivity contribution is -0.155. The first-order chi connectivity index (χ1) is 13.9. The molecule has 0 unspecified atom stereocenters. The van der Waals surface area contributed by atoms with Gasteiger partial charge in [0, 0.05) is 17.8 Å². The Morgan fingerprint density at radius 2 is 1.83 bits per heavy atom. The van der Waals surface area contributed by atoms with Crippen LogP contribution in [0.5, 0.6) is 0 Å². The van der Waals surface area contributed by atoms with E-state index in [9.17, 15) is 14.4 Å². The lowest BCUT2D eigenvalue weighted by Crippen LogP contribution is -2.46. The van der Waals surface area contributed by atoms with Gasteiger partial charge in [-0.15, -0.1) is 0 Å². The summed E-state index contributed by atoms with van der Waals surface area (Å²) in [7, 11) is 0. The van der Waals surface area contributed by atoms with Crippen molar-refractivity contribution in [3.05, 3.63) is 65.2 Å². The van der Waals surface area contributed by atoms with Gasteiger partial charge in [0.1, 0.15) is 6.04 Å². The number of carbonyl (C=O) groups is 3. The van der Waals surface area contributed by atoms with Gasteiger partial charge in [0.2, 0.25) is 0 Å². The van der Waals surface area contributed by atoms with Gasteiger partial charge in [0.15, 0.2) is 6.10 Å². The van der Waals surface area contributed by atoms with Crippen LogP contribution in [-0.4, -0.2) is 36.5 Å². The van der Waals surface area contributed by atoms with Crippen molar-refractivity contribution in [1.29, 1.82) is 0 Å². The first kappa shape index (κ1) is 20.6. The number of para-hydroxylation sites is 1. The fourth-order valence-electron chi connectivity index (χ4n) is 3.43. The summed E-state index contributed by atoms with van der Waals surface area (Å²) in [6.07, 6.45) is 0.856. The zero-order valence-electron chi connectivity index (χ0n) is 17.0. The van der Waals surface area contributed by atoms with Gasteiger partial charge in [0.25, 0.3) is 11.8 Å². The number of nitrogens with zero attached hydrogens (tertiary/aromatic N) is 1. The number of hydrogen-bond acceptors (Lipinski definition) is 4. The van der Waals surface area contributed by atoms with Crippen LogP contribution in [0, 0.1) is 6.92 Å².